The number of halogens is 1. The number of rotatable bonds is 4. The van der Waals surface area contributed by atoms with E-state index in [4.69, 9.17) is 21.7 Å². The van der Waals surface area contributed by atoms with Crippen LogP contribution in [0.2, 0.25) is 0 Å². The van der Waals surface area contributed by atoms with Crippen LogP contribution in [-0.4, -0.2) is 39.9 Å². The molecular formula is C14H15BrN4O3S. The number of phenols is 1. The Morgan fingerprint density at radius 2 is 2.43 bits per heavy atom. The van der Waals surface area contributed by atoms with Crippen molar-refractivity contribution in [1.82, 2.24) is 14.9 Å². The summed E-state index contributed by atoms with van der Waals surface area (Å²) < 4.78 is 13.4. The molecule has 1 aliphatic heterocycles. The van der Waals surface area contributed by atoms with Crippen LogP contribution in [0, 0.1) is 4.77 Å². The molecule has 0 aliphatic carbocycles. The van der Waals surface area contributed by atoms with Gasteiger partial charge in [-0.1, -0.05) is 15.9 Å². The first-order chi connectivity index (χ1) is 11.1. The number of hydrogen-bond donors (Lipinski definition) is 2. The van der Waals surface area contributed by atoms with E-state index in [0.717, 1.165) is 17.3 Å². The lowest BCUT2D eigenvalue weighted by Gasteiger charge is -2.08. The zero-order chi connectivity index (χ0) is 16.4. The molecule has 1 saturated heterocycles. The molecule has 7 nitrogen and oxygen atoms in total. The summed E-state index contributed by atoms with van der Waals surface area (Å²) in [5.41, 5.74) is 0.498. The molecule has 9 heteroatoms. The summed E-state index contributed by atoms with van der Waals surface area (Å²) in [6.45, 7) is 0.706. The van der Waals surface area contributed by atoms with Crippen LogP contribution in [0.15, 0.2) is 21.7 Å². The van der Waals surface area contributed by atoms with Crippen molar-refractivity contribution in [3.63, 3.8) is 0 Å². The highest BCUT2D eigenvalue weighted by molar-refractivity contribution is 9.10. The van der Waals surface area contributed by atoms with Crippen LogP contribution in [0.4, 0.5) is 0 Å². The third kappa shape index (κ3) is 3.31. The average Bonchev–Trinajstić information content (AvgIpc) is 3.17. The molecule has 1 unspecified atom stereocenters. The lowest BCUT2D eigenvalue weighted by atomic mass is 10.2. The van der Waals surface area contributed by atoms with Gasteiger partial charge in [0.25, 0.3) is 0 Å². The summed E-state index contributed by atoms with van der Waals surface area (Å²) in [6, 6.07) is 3.41. The number of nitrogens with zero attached hydrogens (tertiary/aromatic N) is 3. The SMILES string of the molecule is COc1cc(Br)cc(/C=N\n2c(C3CCCO3)n[nH]c2=S)c1O. The van der Waals surface area contributed by atoms with Crippen LogP contribution >= 0.6 is 28.1 Å². The van der Waals surface area contributed by atoms with Gasteiger partial charge in [-0.2, -0.15) is 14.9 Å². The minimum atomic E-state index is -0.120. The van der Waals surface area contributed by atoms with Crippen molar-refractivity contribution < 1.29 is 14.6 Å². The van der Waals surface area contributed by atoms with Gasteiger partial charge in [0.2, 0.25) is 4.77 Å². The van der Waals surface area contributed by atoms with E-state index in [1.165, 1.54) is 18.0 Å². The number of aromatic nitrogens is 3. The van der Waals surface area contributed by atoms with E-state index < -0.39 is 0 Å². The number of methoxy groups -OCH3 is 1. The summed E-state index contributed by atoms with van der Waals surface area (Å²) in [5.74, 6) is 0.995. The van der Waals surface area contributed by atoms with E-state index >= 15 is 0 Å². The second-order valence-corrected chi connectivity index (χ2v) is 6.29. The van der Waals surface area contributed by atoms with Crippen molar-refractivity contribution in [1.29, 1.82) is 0 Å². The van der Waals surface area contributed by atoms with Crippen molar-refractivity contribution in [2.75, 3.05) is 13.7 Å². The number of aromatic hydroxyl groups is 1. The summed E-state index contributed by atoms with van der Waals surface area (Å²) >= 11 is 8.58. The minimum Gasteiger partial charge on any atom is -0.504 e. The van der Waals surface area contributed by atoms with E-state index in [9.17, 15) is 5.11 Å². The Morgan fingerprint density at radius 3 is 3.13 bits per heavy atom. The highest BCUT2D eigenvalue weighted by atomic mass is 79.9. The molecule has 0 saturated carbocycles. The van der Waals surface area contributed by atoms with Gasteiger partial charge in [0.15, 0.2) is 17.3 Å². The Hall–Kier alpha value is -1.71. The molecule has 2 aromatic rings. The molecule has 1 aliphatic rings. The van der Waals surface area contributed by atoms with Crippen LogP contribution in [0.1, 0.15) is 30.3 Å². The monoisotopic (exact) mass is 398 g/mol. The predicted molar refractivity (Wildman–Crippen MR) is 90.7 cm³/mol. The van der Waals surface area contributed by atoms with E-state index in [0.29, 0.717) is 28.5 Å². The van der Waals surface area contributed by atoms with Crippen molar-refractivity contribution in [3.8, 4) is 11.5 Å². The summed E-state index contributed by atoms with van der Waals surface area (Å²) in [7, 11) is 1.49. The van der Waals surface area contributed by atoms with Crippen LogP contribution in [0.5, 0.6) is 11.5 Å². The Bertz CT molecular complexity index is 796. The van der Waals surface area contributed by atoms with Gasteiger partial charge in [0, 0.05) is 16.6 Å². The summed E-state index contributed by atoms with van der Waals surface area (Å²) in [4.78, 5) is 0. The largest absolute Gasteiger partial charge is 0.504 e. The molecule has 122 valence electrons. The Balaban J connectivity index is 1.96. The lowest BCUT2D eigenvalue weighted by Crippen LogP contribution is -2.05. The second-order valence-electron chi connectivity index (χ2n) is 4.99. The Labute approximate surface area is 146 Å². The topological polar surface area (TPSA) is 84.7 Å². The molecule has 0 bridgehead atoms. The van der Waals surface area contributed by atoms with Gasteiger partial charge in [0.1, 0.15) is 6.10 Å². The smallest absolute Gasteiger partial charge is 0.216 e. The lowest BCUT2D eigenvalue weighted by molar-refractivity contribution is 0.102. The second kappa shape index (κ2) is 6.81. The van der Waals surface area contributed by atoms with E-state index in [1.54, 1.807) is 12.1 Å². The highest BCUT2D eigenvalue weighted by Gasteiger charge is 2.23. The summed E-state index contributed by atoms with van der Waals surface area (Å²) in [5, 5.41) is 21.4. The van der Waals surface area contributed by atoms with Gasteiger partial charge in [-0.3, -0.25) is 5.10 Å². The minimum absolute atomic E-state index is 0.00753. The van der Waals surface area contributed by atoms with Crippen LogP contribution in [-0.2, 0) is 4.74 Å². The van der Waals surface area contributed by atoms with Crippen molar-refractivity contribution >= 4 is 34.4 Å². The zero-order valence-corrected chi connectivity index (χ0v) is 14.7. The zero-order valence-electron chi connectivity index (χ0n) is 12.3. The molecule has 0 radical (unpaired) electrons. The quantitative estimate of drug-likeness (QED) is 0.610. The molecule has 1 atom stereocenters. The molecule has 0 amide bonds. The van der Waals surface area contributed by atoms with Gasteiger partial charge in [-0.15, -0.1) is 0 Å². The van der Waals surface area contributed by atoms with Gasteiger partial charge >= 0.3 is 0 Å². The molecule has 1 fully saturated rings. The molecule has 2 N–H and O–H groups in total. The van der Waals surface area contributed by atoms with Crippen LogP contribution < -0.4 is 4.74 Å². The van der Waals surface area contributed by atoms with Crippen molar-refractivity contribution in [2.45, 2.75) is 18.9 Å². The van der Waals surface area contributed by atoms with Crippen molar-refractivity contribution in [3.05, 3.63) is 32.8 Å². The number of ether oxygens (including phenoxy) is 2. The Kier molecular flexibility index (Phi) is 4.79. The number of aromatic amines is 1. The third-order valence-corrected chi connectivity index (χ3v) is 4.22. The van der Waals surface area contributed by atoms with E-state index in [-0.39, 0.29) is 11.9 Å². The molecule has 2 heterocycles. The average molecular weight is 399 g/mol. The molecular weight excluding hydrogens is 384 g/mol. The fraction of sp³-hybridized carbons (Fsp3) is 0.357. The number of nitrogens with one attached hydrogen (secondary N) is 1. The number of phenolic OH excluding ortho intramolecular Hbond substituents is 1. The fourth-order valence-corrected chi connectivity index (χ4v) is 3.01. The molecule has 1 aromatic heterocycles. The van der Waals surface area contributed by atoms with Gasteiger partial charge in [-0.05, 0) is 37.2 Å². The number of benzene rings is 1. The molecule has 23 heavy (non-hydrogen) atoms. The molecule has 3 rings (SSSR count). The van der Waals surface area contributed by atoms with Gasteiger partial charge in [-0.25, -0.2) is 0 Å². The van der Waals surface area contributed by atoms with Gasteiger partial charge in [0.05, 0.1) is 13.3 Å². The highest BCUT2D eigenvalue weighted by Crippen LogP contribution is 2.33. The van der Waals surface area contributed by atoms with Gasteiger partial charge < -0.3 is 14.6 Å². The first kappa shape index (κ1) is 16.2. The standard InChI is InChI=1S/C14H15BrN4O3S/c1-21-11-6-9(15)5-8(12(11)20)7-16-19-13(17-18-14(19)23)10-3-2-4-22-10/h5-7,10,20H,2-4H2,1H3,(H,18,23)/b16-7-. The van der Waals surface area contributed by atoms with Crippen LogP contribution in [0.3, 0.4) is 0 Å². The maximum atomic E-state index is 10.2. The number of hydrogen-bond acceptors (Lipinski definition) is 6. The van der Waals surface area contributed by atoms with E-state index in [1.807, 2.05) is 0 Å². The van der Waals surface area contributed by atoms with E-state index in [2.05, 4.69) is 31.2 Å². The fourth-order valence-electron chi connectivity index (χ4n) is 2.37. The Morgan fingerprint density at radius 1 is 1.61 bits per heavy atom. The number of H-pyrrole nitrogens is 1. The maximum absolute atomic E-state index is 10.2. The summed E-state index contributed by atoms with van der Waals surface area (Å²) in [6.07, 6.45) is 3.25. The molecule has 0 spiro atoms. The van der Waals surface area contributed by atoms with Crippen LogP contribution in [0.25, 0.3) is 0 Å². The normalized spacial score (nSPS) is 17.9. The maximum Gasteiger partial charge on any atom is 0.216 e. The molecule has 1 aromatic carbocycles. The van der Waals surface area contributed by atoms with Crippen molar-refractivity contribution in [2.24, 2.45) is 5.10 Å². The first-order valence-corrected chi connectivity index (χ1v) is 8.20. The first-order valence-electron chi connectivity index (χ1n) is 7.00. The third-order valence-electron chi connectivity index (χ3n) is 3.49. The predicted octanol–water partition coefficient (Wildman–Crippen LogP) is 3.15.